The molecule has 7 heteroatoms. The number of piperidine rings is 1. The highest BCUT2D eigenvalue weighted by molar-refractivity contribution is 5.75. The van der Waals surface area contributed by atoms with Crippen molar-refractivity contribution >= 4 is 12.1 Å². The van der Waals surface area contributed by atoms with Crippen molar-refractivity contribution in [1.82, 2.24) is 20.4 Å². The number of ether oxygens (including phenoxy) is 1. The molecule has 3 fully saturated rings. The number of carbonyl (C=O) groups excluding carboxylic acids is 2. The molecule has 7 nitrogen and oxygen atoms in total. The zero-order valence-electron chi connectivity index (χ0n) is 19.7. The van der Waals surface area contributed by atoms with Crippen LogP contribution in [0.3, 0.4) is 0 Å². The first-order valence-corrected chi connectivity index (χ1v) is 12.2. The molecule has 176 valence electrons. The number of hydrogen-bond acceptors (Lipinski definition) is 3. The minimum absolute atomic E-state index is 0.0105. The van der Waals surface area contributed by atoms with Crippen LogP contribution in [0.2, 0.25) is 0 Å². The summed E-state index contributed by atoms with van der Waals surface area (Å²) < 4.78 is 6.30. The van der Waals surface area contributed by atoms with E-state index in [4.69, 9.17) is 4.74 Å². The highest BCUT2D eigenvalue weighted by atomic mass is 16.5. The van der Waals surface area contributed by atoms with Crippen LogP contribution in [0, 0.1) is 6.92 Å². The zero-order valence-corrected chi connectivity index (χ0v) is 19.7. The van der Waals surface area contributed by atoms with E-state index >= 15 is 0 Å². The third-order valence-electron chi connectivity index (χ3n) is 6.97. The lowest BCUT2D eigenvalue weighted by atomic mass is 9.82. The SMILES string of the molecule is Cc1ccc(CNC(=O)N2CCC3(CC2)CC(N(C(=O)NC(C)C)C2CC2)CCO3)cc1. The van der Waals surface area contributed by atoms with Crippen LogP contribution < -0.4 is 10.6 Å². The molecule has 32 heavy (non-hydrogen) atoms. The third-order valence-corrected chi connectivity index (χ3v) is 6.97. The molecule has 1 aromatic rings. The molecular weight excluding hydrogens is 404 g/mol. The molecule has 1 saturated carbocycles. The number of likely N-dealkylation sites (tertiary alicyclic amines) is 1. The molecule has 2 heterocycles. The monoisotopic (exact) mass is 442 g/mol. The molecule has 4 amide bonds. The van der Waals surface area contributed by atoms with Crippen molar-refractivity contribution in [2.75, 3.05) is 19.7 Å². The van der Waals surface area contributed by atoms with Crippen LogP contribution in [-0.2, 0) is 11.3 Å². The number of nitrogens with one attached hydrogen (secondary N) is 2. The van der Waals surface area contributed by atoms with Gasteiger partial charge in [-0.05, 0) is 64.9 Å². The van der Waals surface area contributed by atoms with E-state index in [1.165, 1.54) is 5.56 Å². The summed E-state index contributed by atoms with van der Waals surface area (Å²) in [5.74, 6) is 0. The molecule has 0 aromatic heterocycles. The first-order chi connectivity index (χ1) is 15.3. The van der Waals surface area contributed by atoms with Crippen LogP contribution in [0.1, 0.15) is 63.5 Å². The van der Waals surface area contributed by atoms with Gasteiger partial charge in [0.25, 0.3) is 0 Å². The molecule has 1 unspecified atom stereocenters. The van der Waals surface area contributed by atoms with E-state index in [9.17, 15) is 9.59 Å². The minimum atomic E-state index is -0.220. The Morgan fingerprint density at radius 1 is 1.12 bits per heavy atom. The lowest BCUT2D eigenvalue weighted by Gasteiger charge is -2.48. The summed E-state index contributed by atoms with van der Waals surface area (Å²) in [7, 11) is 0. The van der Waals surface area contributed by atoms with Crippen LogP contribution >= 0.6 is 0 Å². The standard InChI is InChI=1S/C25H38N4O3/c1-18(2)27-24(31)29(21-8-9-21)22-10-15-32-25(16-22)11-13-28(14-12-25)23(30)26-17-20-6-4-19(3)5-7-20/h4-7,18,21-22H,8-17H2,1-3H3,(H,26,30)(H,27,31). The Bertz CT molecular complexity index is 798. The normalized spacial score (nSPS) is 22.6. The van der Waals surface area contributed by atoms with Gasteiger partial charge in [-0.25, -0.2) is 9.59 Å². The fourth-order valence-electron chi connectivity index (χ4n) is 5.00. The maximum atomic E-state index is 12.9. The second-order valence-corrected chi connectivity index (χ2v) is 10.1. The van der Waals surface area contributed by atoms with Crippen molar-refractivity contribution in [2.45, 2.75) is 89.6 Å². The van der Waals surface area contributed by atoms with Crippen molar-refractivity contribution in [1.29, 1.82) is 0 Å². The molecule has 4 rings (SSSR count). The van der Waals surface area contributed by atoms with Gasteiger partial charge in [0, 0.05) is 44.4 Å². The van der Waals surface area contributed by atoms with Gasteiger partial charge in [-0.1, -0.05) is 29.8 Å². The van der Waals surface area contributed by atoms with Gasteiger partial charge in [-0.2, -0.15) is 0 Å². The van der Waals surface area contributed by atoms with Gasteiger partial charge < -0.3 is 25.2 Å². The average Bonchev–Trinajstić information content (AvgIpc) is 3.58. The highest BCUT2D eigenvalue weighted by Gasteiger charge is 2.46. The first kappa shape index (κ1) is 22.9. The van der Waals surface area contributed by atoms with Crippen molar-refractivity contribution in [3.05, 3.63) is 35.4 Å². The Hall–Kier alpha value is -2.28. The molecular formula is C25H38N4O3. The Morgan fingerprint density at radius 2 is 1.81 bits per heavy atom. The molecule has 2 aliphatic heterocycles. The fraction of sp³-hybridized carbons (Fsp3) is 0.680. The highest BCUT2D eigenvalue weighted by Crippen LogP contribution is 2.40. The summed E-state index contributed by atoms with van der Waals surface area (Å²) in [5, 5.41) is 6.14. The smallest absolute Gasteiger partial charge is 0.318 e. The summed E-state index contributed by atoms with van der Waals surface area (Å²) in [4.78, 5) is 29.6. The maximum Gasteiger partial charge on any atom is 0.318 e. The number of nitrogens with zero attached hydrogens (tertiary/aromatic N) is 2. The fourth-order valence-corrected chi connectivity index (χ4v) is 5.00. The number of benzene rings is 1. The zero-order chi connectivity index (χ0) is 22.7. The topological polar surface area (TPSA) is 73.9 Å². The predicted molar refractivity (Wildman–Crippen MR) is 124 cm³/mol. The average molecular weight is 443 g/mol. The van der Waals surface area contributed by atoms with E-state index in [0.717, 1.165) is 44.1 Å². The molecule has 0 bridgehead atoms. The van der Waals surface area contributed by atoms with Crippen molar-refractivity contribution in [3.8, 4) is 0 Å². The Labute approximate surface area is 191 Å². The second kappa shape index (κ2) is 9.69. The van der Waals surface area contributed by atoms with E-state index < -0.39 is 0 Å². The number of aryl methyl sites for hydroxylation is 1. The van der Waals surface area contributed by atoms with Crippen molar-refractivity contribution < 1.29 is 14.3 Å². The van der Waals surface area contributed by atoms with E-state index in [1.54, 1.807) is 0 Å². The third kappa shape index (κ3) is 5.55. The number of carbonyl (C=O) groups is 2. The largest absolute Gasteiger partial charge is 0.375 e. The minimum Gasteiger partial charge on any atom is -0.375 e. The number of urea groups is 2. The van der Waals surface area contributed by atoms with Crippen molar-refractivity contribution in [3.63, 3.8) is 0 Å². The summed E-state index contributed by atoms with van der Waals surface area (Å²) in [6.45, 7) is 8.68. The van der Waals surface area contributed by atoms with Crippen LogP contribution in [0.25, 0.3) is 0 Å². The second-order valence-electron chi connectivity index (χ2n) is 10.1. The first-order valence-electron chi connectivity index (χ1n) is 12.2. The van der Waals surface area contributed by atoms with Crippen LogP contribution in [-0.4, -0.2) is 65.3 Å². The molecule has 3 aliphatic rings. The summed E-state index contributed by atoms with van der Waals surface area (Å²) in [5.41, 5.74) is 2.10. The lowest BCUT2D eigenvalue weighted by Crippen LogP contribution is -2.58. The van der Waals surface area contributed by atoms with Crippen molar-refractivity contribution in [2.24, 2.45) is 0 Å². The molecule has 1 aliphatic carbocycles. The summed E-state index contributed by atoms with van der Waals surface area (Å²) >= 11 is 0. The Morgan fingerprint density at radius 3 is 2.44 bits per heavy atom. The van der Waals surface area contributed by atoms with E-state index in [2.05, 4.69) is 46.7 Å². The van der Waals surface area contributed by atoms with E-state index in [-0.39, 0.29) is 29.7 Å². The number of amides is 4. The molecule has 1 atom stereocenters. The number of rotatable bonds is 5. The quantitative estimate of drug-likeness (QED) is 0.728. The lowest BCUT2D eigenvalue weighted by molar-refractivity contribution is -0.125. The van der Waals surface area contributed by atoms with E-state index in [1.807, 2.05) is 18.7 Å². The maximum absolute atomic E-state index is 12.9. The van der Waals surface area contributed by atoms with Gasteiger partial charge in [-0.3, -0.25) is 0 Å². The Kier molecular flexibility index (Phi) is 6.93. The van der Waals surface area contributed by atoms with Gasteiger partial charge in [0.05, 0.1) is 5.60 Å². The van der Waals surface area contributed by atoms with Gasteiger partial charge in [0.2, 0.25) is 0 Å². The number of hydrogen-bond donors (Lipinski definition) is 2. The molecule has 2 saturated heterocycles. The predicted octanol–water partition coefficient (Wildman–Crippen LogP) is 3.80. The molecule has 1 aromatic carbocycles. The summed E-state index contributed by atoms with van der Waals surface area (Å²) in [6, 6.07) is 9.03. The van der Waals surface area contributed by atoms with Gasteiger partial charge in [-0.15, -0.1) is 0 Å². The molecule has 2 N–H and O–H groups in total. The molecule has 1 spiro atoms. The van der Waals surface area contributed by atoms with Gasteiger partial charge in [0.1, 0.15) is 0 Å². The van der Waals surface area contributed by atoms with Crippen LogP contribution in [0.15, 0.2) is 24.3 Å². The molecule has 0 radical (unpaired) electrons. The summed E-state index contributed by atoms with van der Waals surface area (Å²) in [6.07, 6.45) is 5.62. The van der Waals surface area contributed by atoms with Gasteiger partial charge >= 0.3 is 12.1 Å². The van der Waals surface area contributed by atoms with Crippen LogP contribution in [0.5, 0.6) is 0 Å². The van der Waals surface area contributed by atoms with Gasteiger partial charge in [0.15, 0.2) is 0 Å². The Balaban J connectivity index is 1.30. The van der Waals surface area contributed by atoms with Crippen LogP contribution in [0.4, 0.5) is 9.59 Å². The van der Waals surface area contributed by atoms with E-state index in [0.29, 0.717) is 32.3 Å².